The molecule has 8 heteroatoms. The van der Waals surface area contributed by atoms with E-state index in [0.29, 0.717) is 17.3 Å². The second-order valence-corrected chi connectivity index (χ2v) is 6.89. The maximum atomic E-state index is 12.6. The molecule has 3 nitrogen and oxygen atoms in total. The Balaban J connectivity index is 1.65. The van der Waals surface area contributed by atoms with E-state index in [1.807, 2.05) is 18.2 Å². The van der Waals surface area contributed by atoms with Crippen molar-refractivity contribution in [3.05, 3.63) is 64.7 Å². The van der Waals surface area contributed by atoms with Crippen LogP contribution in [0, 0.1) is 0 Å². The number of hydrogen-bond acceptors (Lipinski definition) is 3. The lowest BCUT2D eigenvalue weighted by Crippen LogP contribution is -2.30. The maximum Gasteiger partial charge on any atom is 0.416 e. The smallest absolute Gasteiger partial charge is 0.416 e. The van der Waals surface area contributed by atoms with Gasteiger partial charge in [-0.25, -0.2) is 0 Å². The van der Waals surface area contributed by atoms with E-state index in [2.05, 4.69) is 5.32 Å². The topological polar surface area (TPSA) is 38.3 Å². The Morgan fingerprint density at radius 2 is 1.92 bits per heavy atom. The Morgan fingerprint density at radius 3 is 2.65 bits per heavy atom. The predicted octanol–water partition coefficient (Wildman–Crippen LogP) is 4.79. The second-order valence-electron chi connectivity index (χ2n) is 5.35. The van der Waals surface area contributed by atoms with Crippen molar-refractivity contribution in [3.63, 3.8) is 0 Å². The van der Waals surface area contributed by atoms with Crippen molar-refractivity contribution in [1.29, 1.82) is 0 Å². The SMILES string of the molecule is O=C(COc1cccc(C(F)(F)F)c1)NCCSCc1cccc(Cl)c1. The van der Waals surface area contributed by atoms with Gasteiger partial charge in [-0.2, -0.15) is 24.9 Å². The van der Waals surface area contributed by atoms with Gasteiger partial charge in [-0.1, -0.05) is 29.8 Å². The normalized spacial score (nSPS) is 11.2. The minimum Gasteiger partial charge on any atom is -0.484 e. The number of benzene rings is 2. The summed E-state index contributed by atoms with van der Waals surface area (Å²) in [5.41, 5.74) is 0.287. The van der Waals surface area contributed by atoms with Crippen molar-refractivity contribution in [3.8, 4) is 5.75 Å². The van der Waals surface area contributed by atoms with Crippen LogP contribution in [0.4, 0.5) is 13.2 Å². The Labute approximate surface area is 158 Å². The summed E-state index contributed by atoms with van der Waals surface area (Å²) >= 11 is 7.54. The van der Waals surface area contributed by atoms with Crippen molar-refractivity contribution >= 4 is 29.3 Å². The summed E-state index contributed by atoms with van der Waals surface area (Å²) in [5, 5.41) is 3.35. The fraction of sp³-hybridized carbons (Fsp3) is 0.278. The molecule has 0 heterocycles. The van der Waals surface area contributed by atoms with Gasteiger partial charge in [-0.15, -0.1) is 0 Å². The van der Waals surface area contributed by atoms with Gasteiger partial charge in [-0.05, 0) is 35.9 Å². The van der Waals surface area contributed by atoms with Gasteiger partial charge in [-0.3, -0.25) is 4.79 Å². The summed E-state index contributed by atoms with van der Waals surface area (Å²) in [5.74, 6) is 1.09. The molecule has 0 saturated heterocycles. The molecule has 1 N–H and O–H groups in total. The van der Waals surface area contributed by atoms with Crippen molar-refractivity contribution in [2.75, 3.05) is 18.9 Å². The zero-order valence-electron chi connectivity index (χ0n) is 13.7. The quantitative estimate of drug-likeness (QED) is 0.644. The van der Waals surface area contributed by atoms with Crippen LogP contribution < -0.4 is 10.1 Å². The molecule has 0 aliphatic heterocycles. The van der Waals surface area contributed by atoms with Gasteiger partial charge < -0.3 is 10.1 Å². The third-order valence-electron chi connectivity index (χ3n) is 3.26. The predicted molar refractivity (Wildman–Crippen MR) is 97.6 cm³/mol. The van der Waals surface area contributed by atoms with E-state index in [0.717, 1.165) is 23.4 Å². The van der Waals surface area contributed by atoms with Crippen LogP contribution in [0.5, 0.6) is 5.75 Å². The fourth-order valence-electron chi connectivity index (χ4n) is 2.04. The molecular formula is C18H17ClF3NO2S. The molecule has 0 aliphatic carbocycles. The third-order valence-corrected chi connectivity index (χ3v) is 4.52. The molecule has 2 aromatic rings. The molecule has 0 saturated carbocycles. The number of rotatable bonds is 8. The third kappa shape index (κ3) is 7.17. The number of hydrogen-bond donors (Lipinski definition) is 1. The van der Waals surface area contributed by atoms with Gasteiger partial charge in [0.25, 0.3) is 5.91 Å². The summed E-state index contributed by atoms with van der Waals surface area (Å²) in [6.07, 6.45) is -4.44. The minimum atomic E-state index is -4.44. The van der Waals surface area contributed by atoms with E-state index in [9.17, 15) is 18.0 Å². The zero-order chi connectivity index (χ0) is 19.0. The van der Waals surface area contributed by atoms with Crippen LogP contribution in [0.1, 0.15) is 11.1 Å². The zero-order valence-corrected chi connectivity index (χ0v) is 15.3. The van der Waals surface area contributed by atoms with Crippen molar-refractivity contribution in [2.24, 2.45) is 0 Å². The van der Waals surface area contributed by atoms with Crippen LogP contribution in [0.2, 0.25) is 5.02 Å². The van der Waals surface area contributed by atoms with Crippen LogP contribution in [0.25, 0.3) is 0 Å². The molecule has 2 aromatic carbocycles. The number of alkyl halides is 3. The standard InChI is InChI=1S/C18H17ClF3NO2S/c19-15-5-1-3-13(9-15)12-26-8-7-23-17(24)11-25-16-6-2-4-14(10-16)18(20,21)22/h1-6,9-10H,7-8,11-12H2,(H,23,24). The first-order chi connectivity index (χ1) is 12.3. The number of carbonyl (C=O) groups is 1. The maximum absolute atomic E-state index is 12.6. The van der Waals surface area contributed by atoms with Gasteiger partial charge in [0.15, 0.2) is 6.61 Å². The molecule has 0 spiro atoms. The highest BCUT2D eigenvalue weighted by Crippen LogP contribution is 2.31. The monoisotopic (exact) mass is 403 g/mol. The Bertz CT molecular complexity index is 740. The van der Waals surface area contributed by atoms with E-state index < -0.39 is 11.7 Å². The average molecular weight is 404 g/mol. The van der Waals surface area contributed by atoms with Gasteiger partial charge in [0.05, 0.1) is 5.56 Å². The first kappa shape index (κ1) is 20.5. The molecule has 0 fully saturated rings. The molecule has 140 valence electrons. The first-order valence-electron chi connectivity index (χ1n) is 7.73. The van der Waals surface area contributed by atoms with Crippen LogP contribution in [0.15, 0.2) is 48.5 Å². The highest BCUT2D eigenvalue weighted by Gasteiger charge is 2.30. The number of nitrogens with one attached hydrogen (secondary N) is 1. The molecule has 0 bridgehead atoms. The largest absolute Gasteiger partial charge is 0.484 e. The van der Waals surface area contributed by atoms with Crippen molar-refractivity contribution in [1.82, 2.24) is 5.32 Å². The highest BCUT2D eigenvalue weighted by molar-refractivity contribution is 7.98. The van der Waals surface area contributed by atoms with Crippen LogP contribution >= 0.6 is 23.4 Å². The highest BCUT2D eigenvalue weighted by atomic mass is 35.5. The van der Waals surface area contributed by atoms with Gasteiger partial charge in [0, 0.05) is 23.1 Å². The minimum absolute atomic E-state index is 0.00491. The number of amides is 1. The number of thioether (sulfide) groups is 1. The molecule has 1 amide bonds. The number of halogens is 4. The molecule has 0 aliphatic rings. The summed E-state index contributed by atoms with van der Waals surface area (Å²) in [7, 11) is 0. The second kappa shape index (κ2) is 9.73. The molecule has 2 rings (SSSR count). The van der Waals surface area contributed by atoms with Crippen molar-refractivity contribution < 1.29 is 22.7 Å². The number of ether oxygens (including phenoxy) is 1. The Hall–Kier alpha value is -1.86. The van der Waals surface area contributed by atoms with Gasteiger partial charge >= 0.3 is 6.18 Å². The van der Waals surface area contributed by atoms with Gasteiger partial charge in [0.2, 0.25) is 0 Å². The van der Waals surface area contributed by atoms with E-state index in [1.165, 1.54) is 12.1 Å². The lowest BCUT2D eigenvalue weighted by Gasteiger charge is -2.10. The fourth-order valence-corrected chi connectivity index (χ4v) is 3.06. The molecule has 0 radical (unpaired) electrons. The molecule has 0 unspecified atom stereocenters. The summed E-state index contributed by atoms with van der Waals surface area (Å²) < 4.78 is 42.9. The summed E-state index contributed by atoms with van der Waals surface area (Å²) in [4.78, 5) is 11.7. The van der Waals surface area contributed by atoms with E-state index in [1.54, 1.807) is 17.8 Å². The van der Waals surface area contributed by atoms with Crippen LogP contribution in [-0.2, 0) is 16.7 Å². The molecule has 26 heavy (non-hydrogen) atoms. The van der Waals surface area contributed by atoms with E-state index in [4.69, 9.17) is 16.3 Å². The lowest BCUT2D eigenvalue weighted by atomic mass is 10.2. The lowest BCUT2D eigenvalue weighted by molar-refractivity contribution is -0.137. The summed E-state index contributed by atoms with van der Waals surface area (Å²) in [6.45, 7) is 0.107. The first-order valence-corrected chi connectivity index (χ1v) is 9.27. The van der Waals surface area contributed by atoms with Crippen LogP contribution in [0.3, 0.4) is 0 Å². The number of carbonyl (C=O) groups excluding carboxylic acids is 1. The average Bonchev–Trinajstić information content (AvgIpc) is 2.59. The van der Waals surface area contributed by atoms with E-state index in [-0.39, 0.29) is 18.3 Å². The Morgan fingerprint density at radius 1 is 1.15 bits per heavy atom. The van der Waals surface area contributed by atoms with Gasteiger partial charge in [0.1, 0.15) is 5.75 Å². The molecule has 0 atom stereocenters. The van der Waals surface area contributed by atoms with Crippen LogP contribution in [-0.4, -0.2) is 24.8 Å². The van der Waals surface area contributed by atoms with E-state index >= 15 is 0 Å². The Kier molecular flexibility index (Phi) is 7.66. The molecule has 0 aromatic heterocycles. The molecular weight excluding hydrogens is 387 g/mol. The summed E-state index contributed by atoms with van der Waals surface area (Å²) in [6, 6.07) is 12.0. The van der Waals surface area contributed by atoms with Crippen molar-refractivity contribution in [2.45, 2.75) is 11.9 Å².